The van der Waals surface area contributed by atoms with Crippen LogP contribution in [0.2, 0.25) is 5.15 Å². The van der Waals surface area contributed by atoms with E-state index < -0.39 is 0 Å². The van der Waals surface area contributed by atoms with Crippen LogP contribution >= 0.6 is 11.6 Å². The van der Waals surface area contributed by atoms with Crippen LogP contribution < -0.4 is 5.32 Å². The highest BCUT2D eigenvalue weighted by atomic mass is 35.5. The standard InChI is InChI=1S/C9H8ClN5O/c1-11-9(16)6-2-3-15(14-6)8-5-12-4-7(10)13-8/h2-5H,1H3,(H,11,16). The summed E-state index contributed by atoms with van der Waals surface area (Å²) < 4.78 is 1.43. The summed E-state index contributed by atoms with van der Waals surface area (Å²) in [6.07, 6.45) is 4.55. The molecule has 0 aliphatic carbocycles. The summed E-state index contributed by atoms with van der Waals surface area (Å²) >= 11 is 5.70. The normalized spacial score (nSPS) is 10.1. The molecule has 0 radical (unpaired) electrons. The first-order chi connectivity index (χ1) is 7.70. The van der Waals surface area contributed by atoms with Crippen molar-refractivity contribution >= 4 is 17.5 Å². The van der Waals surface area contributed by atoms with Gasteiger partial charge < -0.3 is 5.32 Å². The number of hydrogen-bond donors (Lipinski definition) is 1. The lowest BCUT2D eigenvalue weighted by Crippen LogP contribution is -2.18. The number of hydrogen-bond acceptors (Lipinski definition) is 4. The van der Waals surface area contributed by atoms with E-state index >= 15 is 0 Å². The zero-order valence-corrected chi connectivity index (χ0v) is 9.14. The van der Waals surface area contributed by atoms with Gasteiger partial charge in [0.05, 0.1) is 12.4 Å². The number of nitrogens with one attached hydrogen (secondary N) is 1. The van der Waals surface area contributed by atoms with Crippen molar-refractivity contribution in [3.63, 3.8) is 0 Å². The molecule has 0 unspecified atom stereocenters. The third-order valence-corrected chi connectivity index (χ3v) is 2.06. The Morgan fingerprint density at radius 1 is 1.50 bits per heavy atom. The molecule has 0 atom stereocenters. The largest absolute Gasteiger partial charge is 0.354 e. The van der Waals surface area contributed by atoms with E-state index in [0.29, 0.717) is 11.5 Å². The Kier molecular flexibility index (Phi) is 2.82. The lowest BCUT2D eigenvalue weighted by Gasteiger charge is -1.99. The van der Waals surface area contributed by atoms with E-state index in [9.17, 15) is 4.79 Å². The molecule has 2 heterocycles. The van der Waals surface area contributed by atoms with Crippen molar-refractivity contribution in [2.24, 2.45) is 0 Å². The predicted octanol–water partition coefficient (Wildman–Crippen LogP) is 0.675. The van der Waals surface area contributed by atoms with Crippen molar-refractivity contribution in [1.82, 2.24) is 25.1 Å². The smallest absolute Gasteiger partial charge is 0.271 e. The summed E-state index contributed by atoms with van der Waals surface area (Å²) in [6, 6.07) is 1.58. The highest BCUT2D eigenvalue weighted by Gasteiger charge is 2.08. The number of amides is 1. The Labute approximate surface area is 96.3 Å². The average Bonchev–Trinajstić information content (AvgIpc) is 2.77. The summed E-state index contributed by atoms with van der Waals surface area (Å²) in [5.74, 6) is 0.205. The Morgan fingerprint density at radius 3 is 3.00 bits per heavy atom. The van der Waals surface area contributed by atoms with Crippen molar-refractivity contribution < 1.29 is 4.79 Å². The van der Waals surface area contributed by atoms with Crippen LogP contribution in [0.25, 0.3) is 5.82 Å². The van der Waals surface area contributed by atoms with Crippen LogP contribution in [0.1, 0.15) is 10.5 Å². The third kappa shape index (κ3) is 2.01. The van der Waals surface area contributed by atoms with Gasteiger partial charge in [0.2, 0.25) is 0 Å². The number of aromatic nitrogens is 4. The highest BCUT2D eigenvalue weighted by molar-refractivity contribution is 6.29. The van der Waals surface area contributed by atoms with E-state index in [1.807, 2.05) is 0 Å². The van der Waals surface area contributed by atoms with Gasteiger partial charge in [0.15, 0.2) is 11.5 Å². The van der Waals surface area contributed by atoms with Gasteiger partial charge in [-0.2, -0.15) is 5.10 Å². The van der Waals surface area contributed by atoms with Gasteiger partial charge in [0, 0.05) is 13.2 Å². The van der Waals surface area contributed by atoms with Gasteiger partial charge in [-0.05, 0) is 6.07 Å². The first-order valence-corrected chi connectivity index (χ1v) is 4.84. The van der Waals surface area contributed by atoms with Crippen LogP contribution in [0, 0.1) is 0 Å². The van der Waals surface area contributed by atoms with Crippen LogP contribution in [-0.4, -0.2) is 32.7 Å². The molecule has 2 aromatic heterocycles. The predicted molar refractivity (Wildman–Crippen MR) is 57.6 cm³/mol. The Balaban J connectivity index is 2.35. The fourth-order valence-electron chi connectivity index (χ4n) is 1.14. The van der Waals surface area contributed by atoms with Gasteiger partial charge in [-0.1, -0.05) is 11.6 Å². The fourth-order valence-corrected chi connectivity index (χ4v) is 1.29. The second-order valence-corrected chi connectivity index (χ2v) is 3.31. The number of nitrogens with zero attached hydrogens (tertiary/aromatic N) is 4. The minimum absolute atomic E-state index is 0.256. The Bertz CT molecular complexity index is 524. The van der Waals surface area contributed by atoms with Gasteiger partial charge in [0.1, 0.15) is 5.15 Å². The first-order valence-electron chi connectivity index (χ1n) is 4.46. The zero-order valence-electron chi connectivity index (χ0n) is 8.38. The van der Waals surface area contributed by atoms with Crippen molar-refractivity contribution in [3.8, 4) is 5.82 Å². The Hall–Kier alpha value is -1.95. The number of carbonyl (C=O) groups is 1. The molecule has 1 N–H and O–H groups in total. The van der Waals surface area contributed by atoms with Crippen LogP contribution in [0.15, 0.2) is 24.7 Å². The summed E-state index contributed by atoms with van der Waals surface area (Å²) in [6.45, 7) is 0. The molecule has 16 heavy (non-hydrogen) atoms. The van der Waals surface area contributed by atoms with Gasteiger partial charge in [-0.25, -0.2) is 9.67 Å². The number of carbonyl (C=O) groups excluding carboxylic acids is 1. The molecule has 0 aliphatic heterocycles. The molecule has 7 heteroatoms. The summed E-state index contributed by atoms with van der Waals surface area (Å²) in [5, 5.41) is 6.79. The van der Waals surface area contributed by atoms with Gasteiger partial charge in [-0.3, -0.25) is 9.78 Å². The minimum atomic E-state index is -0.256. The molecule has 6 nitrogen and oxygen atoms in total. The zero-order chi connectivity index (χ0) is 11.5. The molecule has 82 valence electrons. The SMILES string of the molecule is CNC(=O)c1ccn(-c2cncc(Cl)n2)n1. The van der Waals surface area contributed by atoms with Crippen LogP contribution in [0.4, 0.5) is 0 Å². The maximum atomic E-state index is 11.3. The number of rotatable bonds is 2. The summed E-state index contributed by atoms with van der Waals surface area (Å²) in [4.78, 5) is 19.2. The molecular weight excluding hydrogens is 230 g/mol. The maximum absolute atomic E-state index is 11.3. The summed E-state index contributed by atoms with van der Waals surface area (Å²) in [7, 11) is 1.54. The van der Waals surface area contributed by atoms with E-state index in [2.05, 4.69) is 20.4 Å². The lowest BCUT2D eigenvalue weighted by atomic mass is 10.4. The maximum Gasteiger partial charge on any atom is 0.271 e. The molecule has 0 aliphatic rings. The van der Waals surface area contributed by atoms with Crippen LogP contribution in [0.3, 0.4) is 0 Å². The van der Waals surface area contributed by atoms with E-state index in [-0.39, 0.29) is 11.1 Å². The third-order valence-electron chi connectivity index (χ3n) is 1.88. The quantitative estimate of drug-likeness (QED) is 0.834. The molecule has 0 bridgehead atoms. The molecule has 0 saturated heterocycles. The highest BCUT2D eigenvalue weighted by Crippen LogP contribution is 2.07. The minimum Gasteiger partial charge on any atom is -0.354 e. The molecule has 0 saturated carbocycles. The van der Waals surface area contributed by atoms with E-state index in [1.54, 1.807) is 19.3 Å². The summed E-state index contributed by atoms with van der Waals surface area (Å²) in [5.41, 5.74) is 0.310. The van der Waals surface area contributed by atoms with Crippen molar-refractivity contribution in [1.29, 1.82) is 0 Å². The van der Waals surface area contributed by atoms with E-state index in [4.69, 9.17) is 11.6 Å². The molecule has 2 rings (SSSR count). The molecule has 0 aromatic carbocycles. The second kappa shape index (κ2) is 4.28. The van der Waals surface area contributed by atoms with Crippen molar-refractivity contribution in [2.45, 2.75) is 0 Å². The fraction of sp³-hybridized carbons (Fsp3) is 0.111. The molecule has 0 fully saturated rings. The average molecular weight is 238 g/mol. The van der Waals surface area contributed by atoms with Crippen molar-refractivity contribution in [2.75, 3.05) is 7.05 Å². The van der Waals surface area contributed by atoms with E-state index in [0.717, 1.165) is 0 Å². The molecular formula is C9H8ClN5O. The van der Waals surface area contributed by atoms with E-state index in [1.165, 1.54) is 17.1 Å². The number of halogens is 1. The second-order valence-electron chi connectivity index (χ2n) is 2.92. The van der Waals surface area contributed by atoms with Gasteiger partial charge in [0.25, 0.3) is 5.91 Å². The Morgan fingerprint density at radius 2 is 2.31 bits per heavy atom. The molecule has 0 spiro atoms. The molecule has 2 aromatic rings. The topological polar surface area (TPSA) is 72.7 Å². The first kappa shape index (κ1) is 10.6. The lowest BCUT2D eigenvalue weighted by molar-refractivity contribution is 0.0957. The monoisotopic (exact) mass is 237 g/mol. The van der Waals surface area contributed by atoms with Crippen LogP contribution in [-0.2, 0) is 0 Å². The molecule has 1 amide bonds. The van der Waals surface area contributed by atoms with Crippen molar-refractivity contribution in [3.05, 3.63) is 35.5 Å². The van der Waals surface area contributed by atoms with Gasteiger partial charge >= 0.3 is 0 Å². The van der Waals surface area contributed by atoms with Crippen LogP contribution in [0.5, 0.6) is 0 Å². The van der Waals surface area contributed by atoms with Gasteiger partial charge in [-0.15, -0.1) is 0 Å².